The van der Waals surface area contributed by atoms with E-state index in [0.29, 0.717) is 17.3 Å². The first-order valence-electron chi connectivity index (χ1n) is 6.95. The van der Waals surface area contributed by atoms with Gasteiger partial charge in [0.05, 0.1) is 5.69 Å². The highest BCUT2D eigenvalue weighted by Gasteiger charge is 2.04. The second-order valence-corrected chi connectivity index (χ2v) is 5.79. The third-order valence-corrected chi connectivity index (χ3v) is 4.06. The predicted molar refractivity (Wildman–Crippen MR) is 93.7 cm³/mol. The monoisotopic (exact) mass is 368 g/mol. The minimum atomic E-state index is -0.242. The van der Waals surface area contributed by atoms with Crippen LogP contribution in [0.25, 0.3) is 23.8 Å². The summed E-state index contributed by atoms with van der Waals surface area (Å²) in [7, 11) is 0. The molecular weight excluding hydrogens is 356 g/mol. The van der Waals surface area contributed by atoms with Crippen LogP contribution in [0.1, 0.15) is 16.8 Å². The maximum atomic E-state index is 11.8. The number of hydrogen-bond acceptors (Lipinski definition) is 4. The summed E-state index contributed by atoms with van der Waals surface area (Å²) in [6.07, 6.45) is 6.92. The largest absolute Gasteiger partial charge is 0.304 e. The zero-order valence-electron chi connectivity index (χ0n) is 12.3. The Morgan fingerprint density at radius 3 is 2.65 bits per heavy atom. The molecule has 1 aromatic carbocycles. The molecule has 5 nitrogen and oxygen atoms in total. The van der Waals surface area contributed by atoms with Crippen LogP contribution in [0.2, 0.25) is 0 Å². The quantitative estimate of drug-likeness (QED) is 0.768. The molecule has 114 valence electrons. The number of rotatable bonds is 3. The first kappa shape index (κ1) is 15.3. The van der Waals surface area contributed by atoms with Crippen molar-refractivity contribution in [3.8, 4) is 11.6 Å². The second kappa shape index (κ2) is 6.66. The van der Waals surface area contributed by atoms with Crippen LogP contribution in [0.5, 0.6) is 0 Å². The fourth-order valence-electron chi connectivity index (χ4n) is 2.04. The van der Waals surface area contributed by atoms with Crippen molar-refractivity contribution >= 4 is 28.1 Å². The summed E-state index contributed by atoms with van der Waals surface area (Å²) < 4.78 is 1.06. The minimum Gasteiger partial charge on any atom is -0.304 e. The average molecular weight is 369 g/mol. The van der Waals surface area contributed by atoms with Crippen LogP contribution in [0.3, 0.4) is 0 Å². The third kappa shape index (κ3) is 3.78. The van der Waals surface area contributed by atoms with E-state index in [2.05, 4.69) is 41.9 Å². The number of nitrogens with one attached hydrogen (secondary N) is 1. The molecule has 2 aromatic heterocycles. The number of aromatic amines is 1. The molecule has 0 saturated heterocycles. The normalized spacial score (nSPS) is 11.0. The van der Waals surface area contributed by atoms with Gasteiger partial charge in [0.1, 0.15) is 0 Å². The molecule has 0 fully saturated rings. The number of hydrogen-bond donors (Lipinski definition) is 1. The lowest BCUT2D eigenvalue weighted by molar-refractivity contribution is 1.05. The second-order valence-electron chi connectivity index (χ2n) is 4.93. The SMILES string of the molecule is Cc1cc(/C=C/c2cc(=O)[nH]c(-c3ncccn3)n2)ccc1Br. The maximum Gasteiger partial charge on any atom is 0.251 e. The fourth-order valence-corrected chi connectivity index (χ4v) is 2.29. The molecule has 0 unspecified atom stereocenters. The lowest BCUT2D eigenvalue weighted by atomic mass is 10.1. The van der Waals surface area contributed by atoms with Crippen LogP contribution in [-0.4, -0.2) is 19.9 Å². The van der Waals surface area contributed by atoms with Crippen LogP contribution < -0.4 is 5.56 Å². The van der Waals surface area contributed by atoms with Gasteiger partial charge in [0.15, 0.2) is 11.6 Å². The van der Waals surface area contributed by atoms with E-state index in [9.17, 15) is 4.79 Å². The van der Waals surface area contributed by atoms with Gasteiger partial charge in [-0.15, -0.1) is 0 Å². The summed E-state index contributed by atoms with van der Waals surface area (Å²) in [5, 5.41) is 0. The number of halogens is 1. The number of aryl methyl sites for hydroxylation is 1. The highest BCUT2D eigenvalue weighted by molar-refractivity contribution is 9.10. The van der Waals surface area contributed by atoms with Crippen LogP contribution in [0.15, 0.2) is 52.0 Å². The average Bonchev–Trinajstić information content (AvgIpc) is 2.56. The van der Waals surface area contributed by atoms with Crippen molar-refractivity contribution in [3.63, 3.8) is 0 Å². The van der Waals surface area contributed by atoms with Crippen LogP contribution in [0, 0.1) is 6.92 Å². The number of benzene rings is 1. The van der Waals surface area contributed by atoms with Crippen molar-refractivity contribution in [2.24, 2.45) is 0 Å². The van der Waals surface area contributed by atoms with E-state index in [4.69, 9.17) is 0 Å². The van der Waals surface area contributed by atoms with Crippen molar-refractivity contribution in [2.45, 2.75) is 6.92 Å². The van der Waals surface area contributed by atoms with Gasteiger partial charge in [0.25, 0.3) is 5.56 Å². The van der Waals surface area contributed by atoms with Gasteiger partial charge in [0, 0.05) is 22.9 Å². The Hall–Kier alpha value is -2.60. The van der Waals surface area contributed by atoms with Gasteiger partial charge in [-0.2, -0.15) is 0 Å². The number of aromatic nitrogens is 4. The predicted octanol–water partition coefficient (Wildman–Crippen LogP) is 3.47. The molecule has 0 amide bonds. The summed E-state index contributed by atoms with van der Waals surface area (Å²) in [5.41, 5.74) is 2.49. The molecule has 1 N–H and O–H groups in total. The first-order chi connectivity index (χ1) is 11.1. The Morgan fingerprint density at radius 2 is 1.91 bits per heavy atom. The summed E-state index contributed by atoms with van der Waals surface area (Å²) in [4.78, 5) is 27.0. The van der Waals surface area contributed by atoms with E-state index >= 15 is 0 Å². The van der Waals surface area contributed by atoms with E-state index in [1.807, 2.05) is 25.1 Å². The molecule has 0 atom stereocenters. The van der Waals surface area contributed by atoms with Gasteiger partial charge in [-0.25, -0.2) is 15.0 Å². The van der Waals surface area contributed by atoms with Crippen molar-refractivity contribution < 1.29 is 0 Å². The Morgan fingerprint density at radius 1 is 1.13 bits per heavy atom. The van der Waals surface area contributed by atoms with Crippen molar-refractivity contribution in [1.29, 1.82) is 0 Å². The van der Waals surface area contributed by atoms with Crippen molar-refractivity contribution in [2.75, 3.05) is 0 Å². The molecule has 0 aliphatic carbocycles. The highest BCUT2D eigenvalue weighted by Crippen LogP contribution is 2.18. The van der Waals surface area contributed by atoms with E-state index in [-0.39, 0.29) is 5.56 Å². The highest BCUT2D eigenvalue weighted by atomic mass is 79.9. The Bertz CT molecular complexity index is 919. The molecule has 0 radical (unpaired) electrons. The zero-order valence-corrected chi connectivity index (χ0v) is 13.9. The Balaban J connectivity index is 1.94. The van der Waals surface area contributed by atoms with E-state index in [0.717, 1.165) is 15.6 Å². The summed E-state index contributed by atoms with van der Waals surface area (Å²) in [5.74, 6) is 0.740. The van der Waals surface area contributed by atoms with E-state index < -0.39 is 0 Å². The molecule has 0 bridgehead atoms. The zero-order chi connectivity index (χ0) is 16.2. The molecule has 6 heteroatoms. The molecule has 3 aromatic rings. The third-order valence-electron chi connectivity index (χ3n) is 3.17. The molecule has 0 aliphatic rings. The lowest BCUT2D eigenvalue weighted by Crippen LogP contribution is -2.09. The fraction of sp³-hybridized carbons (Fsp3) is 0.0588. The Kier molecular flexibility index (Phi) is 4.43. The lowest BCUT2D eigenvalue weighted by Gasteiger charge is -2.01. The number of H-pyrrole nitrogens is 1. The van der Waals surface area contributed by atoms with Crippen LogP contribution in [-0.2, 0) is 0 Å². The summed E-state index contributed by atoms with van der Waals surface area (Å²) in [6, 6.07) is 9.18. The van der Waals surface area contributed by atoms with Gasteiger partial charge < -0.3 is 4.98 Å². The van der Waals surface area contributed by atoms with Crippen molar-refractivity contribution in [3.05, 3.63) is 74.4 Å². The number of nitrogens with zero attached hydrogens (tertiary/aromatic N) is 3. The van der Waals surface area contributed by atoms with Gasteiger partial charge >= 0.3 is 0 Å². The van der Waals surface area contributed by atoms with E-state index in [1.165, 1.54) is 6.07 Å². The molecule has 23 heavy (non-hydrogen) atoms. The van der Waals surface area contributed by atoms with E-state index in [1.54, 1.807) is 24.5 Å². The van der Waals surface area contributed by atoms with Gasteiger partial charge in [0.2, 0.25) is 0 Å². The topological polar surface area (TPSA) is 71.5 Å². The minimum absolute atomic E-state index is 0.242. The maximum absolute atomic E-state index is 11.8. The summed E-state index contributed by atoms with van der Waals surface area (Å²) in [6.45, 7) is 2.03. The smallest absolute Gasteiger partial charge is 0.251 e. The molecule has 0 aliphatic heterocycles. The molecule has 3 rings (SSSR count). The van der Waals surface area contributed by atoms with Gasteiger partial charge in [-0.05, 0) is 36.3 Å². The van der Waals surface area contributed by atoms with Crippen LogP contribution in [0.4, 0.5) is 0 Å². The molecule has 0 spiro atoms. The van der Waals surface area contributed by atoms with Gasteiger partial charge in [-0.3, -0.25) is 4.79 Å². The Labute approximate surface area is 141 Å². The molecular formula is C17H13BrN4O. The first-order valence-corrected chi connectivity index (χ1v) is 7.74. The van der Waals surface area contributed by atoms with Gasteiger partial charge in [-0.1, -0.05) is 34.1 Å². The standard InChI is InChI=1S/C17H13BrN4O/c1-11-9-12(4-6-14(11)18)3-5-13-10-15(23)22-17(21-13)16-19-7-2-8-20-16/h2-10H,1H3,(H,21,22,23)/b5-3+. The molecule has 0 saturated carbocycles. The molecule has 2 heterocycles. The van der Waals surface area contributed by atoms with Crippen molar-refractivity contribution in [1.82, 2.24) is 19.9 Å². The van der Waals surface area contributed by atoms with Crippen LogP contribution >= 0.6 is 15.9 Å². The summed E-state index contributed by atoms with van der Waals surface area (Å²) >= 11 is 3.47.